The molecule has 3 N–H and O–H groups in total. The molecule has 0 bridgehead atoms. The number of alkyl halides is 4. The summed E-state index contributed by atoms with van der Waals surface area (Å²) in [6, 6.07) is 3.36. The maximum absolute atomic E-state index is 15.3. The van der Waals surface area contributed by atoms with Crippen LogP contribution in [0.1, 0.15) is 50.0 Å². The minimum atomic E-state index is -4.80. The minimum absolute atomic E-state index is 0.0501. The van der Waals surface area contributed by atoms with Gasteiger partial charge in [-0.3, -0.25) is 18.5 Å². The number of nitrogens with zero attached hydrogens (tertiary/aromatic N) is 3. The summed E-state index contributed by atoms with van der Waals surface area (Å²) in [5, 5.41) is 2.75. The van der Waals surface area contributed by atoms with Gasteiger partial charge in [0.2, 0.25) is 0 Å². The summed E-state index contributed by atoms with van der Waals surface area (Å²) >= 11 is 0. The molecule has 1 fully saturated rings. The minimum Gasteiger partial charge on any atom is -0.428 e. The van der Waals surface area contributed by atoms with Crippen molar-refractivity contribution in [2.75, 3.05) is 11.5 Å². The SMILES string of the molecule is CC(C)n1c(=O)n(-c2cc(OC(F)(F)C(F)F)ccn2)c2cc(F)c(C(=O)NC3(C)CCS(O)(O)CC3)cc21. The highest BCUT2D eigenvalue weighted by Crippen LogP contribution is 2.47. The molecule has 0 spiro atoms. The van der Waals surface area contributed by atoms with Crippen molar-refractivity contribution in [2.24, 2.45) is 0 Å². The fourth-order valence-electron chi connectivity index (χ4n) is 4.39. The van der Waals surface area contributed by atoms with Crippen LogP contribution in [0.15, 0.2) is 35.3 Å². The van der Waals surface area contributed by atoms with E-state index in [4.69, 9.17) is 0 Å². The van der Waals surface area contributed by atoms with Gasteiger partial charge in [-0.15, -0.1) is 0 Å². The van der Waals surface area contributed by atoms with E-state index in [0.717, 1.165) is 29.0 Å². The summed E-state index contributed by atoms with van der Waals surface area (Å²) in [6.07, 6.45) is -7.39. The maximum Gasteiger partial charge on any atom is 0.461 e. The lowest BCUT2D eigenvalue weighted by atomic mass is 9.94. The van der Waals surface area contributed by atoms with Crippen molar-refractivity contribution in [3.63, 3.8) is 0 Å². The Morgan fingerprint density at radius 2 is 1.82 bits per heavy atom. The molecule has 1 saturated heterocycles. The Morgan fingerprint density at radius 3 is 2.41 bits per heavy atom. The molecule has 1 aromatic carbocycles. The van der Waals surface area contributed by atoms with Crippen LogP contribution in [0.25, 0.3) is 16.9 Å². The highest BCUT2D eigenvalue weighted by Gasteiger charge is 2.44. The van der Waals surface area contributed by atoms with Crippen LogP contribution in [-0.4, -0.2) is 58.7 Å². The number of pyridine rings is 1. The Hall–Kier alpha value is -3.17. The molecule has 15 heteroatoms. The number of carbonyl (C=O) groups excluding carboxylic acids is 1. The molecule has 2 aromatic heterocycles. The van der Waals surface area contributed by atoms with E-state index in [-0.39, 0.29) is 46.8 Å². The number of fused-ring (bicyclic) bond motifs is 1. The molecule has 3 heterocycles. The van der Waals surface area contributed by atoms with Gasteiger partial charge < -0.3 is 10.1 Å². The number of ether oxygens (including phenoxy) is 1. The third-order valence-electron chi connectivity index (χ3n) is 6.55. The number of imidazole rings is 1. The highest BCUT2D eigenvalue weighted by molar-refractivity contribution is 8.24. The molecule has 3 aromatic rings. The first-order chi connectivity index (χ1) is 18.0. The molecule has 1 amide bonds. The summed E-state index contributed by atoms with van der Waals surface area (Å²) in [5.74, 6) is -2.56. The molecule has 0 saturated carbocycles. The van der Waals surface area contributed by atoms with E-state index in [1.807, 2.05) is 0 Å². The number of hydrogen-bond acceptors (Lipinski definition) is 6. The zero-order valence-electron chi connectivity index (χ0n) is 21.1. The number of halogens is 5. The number of benzene rings is 1. The van der Waals surface area contributed by atoms with E-state index < -0.39 is 57.9 Å². The Kier molecular flexibility index (Phi) is 7.46. The van der Waals surface area contributed by atoms with Crippen LogP contribution in [0.2, 0.25) is 0 Å². The third kappa shape index (κ3) is 5.75. The number of hydrogen-bond donors (Lipinski definition) is 3. The van der Waals surface area contributed by atoms with Crippen LogP contribution in [0.5, 0.6) is 5.75 Å². The van der Waals surface area contributed by atoms with Crippen LogP contribution < -0.4 is 15.7 Å². The van der Waals surface area contributed by atoms with E-state index in [2.05, 4.69) is 15.0 Å². The molecular formula is C24H27F5N4O5S. The Morgan fingerprint density at radius 1 is 1.18 bits per heavy atom. The Bertz CT molecular complexity index is 1460. The van der Waals surface area contributed by atoms with E-state index in [9.17, 15) is 36.3 Å². The molecule has 214 valence electrons. The molecule has 1 aliphatic rings. The number of rotatable bonds is 7. The lowest BCUT2D eigenvalue weighted by molar-refractivity contribution is -0.253. The number of amides is 1. The number of carbonyl (C=O) groups is 1. The van der Waals surface area contributed by atoms with Crippen molar-refractivity contribution in [3.05, 3.63) is 52.3 Å². The van der Waals surface area contributed by atoms with E-state index in [1.54, 1.807) is 20.8 Å². The van der Waals surface area contributed by atoms with Gasteiger partial charge in [-0.1, -0.05) is 0 Å². The Balaban J connectivity index is 1.77. The van der Waals surface area contributed by atoms with Crippen LogP contribution >= 0.6 is 10.6 Å². The lowest BCUT2D eigenvalue weighted by Gasteiger charge is -2.44. The average molecular weight is 579 g/mol. The monoisotopic (exact) mass is 578 g/mol. The first-order valence-electron chi connectivity index (χ1n) is 11.9. The second-order valence-electron chi connectivity index (χ2n) is 9.94. The second-order valence-corrected chi connectivity index (χ2v) is 12.4. The van der Waals surface area contributed by atoms with Crippen LogP contribution in [0.4, 0.5) is 22.0 Å². The zero-order chi connectivity index (χ0) is 28.9. The predicted octanol–water partition coefficient (Wildman–Crippen LogP) is 5.18. The van der Waals surface area contributed by atoms with Crippen molar-refractivity contribution < 1.29 is 40.6 Å². The van der Waals surface area contributed by atoms with Gasteiger partial charge in [-0.25, -0.2) is 18.7 Å². The zero-order valence-corrected chi connectivity index (χ0v) is 21.9. The van der Waals surface area contributed by atoms with Crippen molar-refractivity contribution in [2.45, 2.75) is 57.7 Å². The van der Waals surface area contributed by atoms with Crippen LogP contribution in [0.3, 0.4) is 0 Å². The van der Waals surface area contributed by atoms with Gasteiger partial charge in [0.1, 0.15) is 17.4 Å². The molecule has 0 radical (unpaired) electrons. The van der Waals surface area contributed by atoms with Gasteiger partial charge in [0.25, 0.3) is 5.91 Å². The largest absolute Gasteiger partial charge is 0.461 e. The lowest BCUT2D eigenvalue weighted by Crippen LogP contribution is -2.50. The third-order valence-corrected chi connectivity index (χ3v) is 8.27. The van der Waals surface area contributed by atoms with Crippen LogP contribution in [0, 0.1) is 5.82 Å². The normalized spacial score (nSPS) is 17.9. The summed E-state index contributed by atoms with van der Waals surface area (Å²) in [7, 11) is -2.71. The first kappa shape index (κ1) is 28.8. The fourth-order valence-corrected chi connectivity index (χ4v) is 6.15. The molecule has 39 heavy (non-hydrogen) atoms. The predicted molar refractivity (Wildman–Crippen MR) is 135 cm³/mol. The van der Waals surface area contributed by atoms with E-state index >= 15 is 4.39 Å². The van der Waals surface area contributed by atoms with Crippen molar-refractivity contribution in [3.8, 4) is 11.6 Å². The van der Waals surface area contributed by atoms with Gasteiger partial charge in [0.05, 0.1) is 16.6 Å². The second kappa shape index (κ2) is 10.1. The molecule has 0 aliphatic carbocycles. The standard InChI is InChI=1S/C24H27F5N4O5S/c1-13(2)32-17-11-15(20(34)31-23(3)5-8-39(36,37)9-6-23)16(25)12-18(17)33(22(32)35)19-10-14(4-7-30-19)38-24(28,29)21(26)27/h4,7,10-13,21,36-37H,5-6,8-9H2,1-3H3,(H,31,34). The summed E-state index contributed by atoms with van der Waals surface area (Å²) in [5.41, 5.74) is -1.84. The average Bonchev–Trinajstić information content (AvgIpc) is 3.11. The summed E-state index contributed by atoms with van der Waals surface area (Å²) in [4.78, 5) is 30.4. The fraction of sp³-hybridized carbons (Fsp3) is 0.458. The van der Waals surface area contributed by atoms with Crippen molar-refractivity contribution >= 4 is 27.5 Å². The smallest absolute Gasteiger partial charge is 0.428 e. The Labute approximate surface area is 220 Å². The molecule has 1 aliphatic heterocycles. The van der Waals surface area contributed by atoms with E-state index in [0.29, 0.717) is 0 Å². The van der Waals surface area contributed by atoms with Gasteiger partial charge in [0, 0.05) is 41.4 Å². The van der Waals surface area contributed by atoms with Gasteiger partial charge >= 0.3 is 18.2 Å². The quantitative estimate of drug-likeness (QED) is 0.333. The number of aromatic nitrogens is 3. The van der Waals surface area contributed by atoms with Gasteiger partial charge in [-0.05, 0) is 45.7 Å². The van der Waals surface area contributed by atoms with Crippen molar-refractivity contribution in [1.29, 1.82) is 0 Å². The summed E-state index contributed by atoms with van der Waals surface area (Å²) in [6.45, 7) is 5.03. The molecule has 0 atom stereocenters. The highest BCUT2D eigenvalue weighted by atomic mass is 32.3. The molecule has 4 rings (SSSR count). The topological polar surface area (TPSA) is 119 Å². The van der Waals surface area contributed by atoms with Gasteiger partial charge in [-0.2, -0.15) is 28.2 Å². The summed E-state index contributed by atoms with van der Waals surface area (Å²) < 4.78 is 93.4. The maximum atomic E-state index is 15.3. The van der Waals surface area contributed by atoms with Crippen molar-refractivity contribution in [1.82, 2.24) is 19.4 Å². The van der Waals surface area contributed by atoms with E-state index in [1.165, 1.54) is 10.6 Å². The molecular weight excluding hydrogens is 551 g/mol. The molecule has 0 unspecified atom stereocenters. The number of nitrogens with one attached hydrogen (secondary N) is 1. The van der Waals surface area contributed by atoms with Gasteiger partial charge in [0.15, 0.2) is 0 Å². The van der Waals surface area contributed by atoms with Crippen LogP contribution in [-0.2, 0) is 0 Å². The molecule has 9 nitrogen and oxygen atoms in total. The first-order valence-corrected chi connectivity index (χ1v) is 13.8.